The van der Waals surface area contributed by atoms with Crippen LogP contribution in [-0.4, -0.2) is 31.1 Å². The van der Waals surface area contributed by atoms with Crippen molar-refractivity contribution in [3.05, 3.63) is 0 Å². The van der Waals surface area contributed by atoms with Crippen molar-refractivity contribution in [2.45, 2.75) is 58.0 Å². The minimum Gasteiger partial charge on any atom is -0.467 e. The highest BCUT2D eigenvalue weighted by molar-refractivity contribution is 5.87. The first-order valence-electron chi connectivity index (χ1n) is 7.11. The molecule has 2 unspecified atom stereocenters. The molecule has 5 heteroatoms. The number of amides is 1. The summed E-state index contributed by atoms with van der Waals surface area (Å²) in [5, 5.41) is 2.78. The van der Waals surface area contributed by atoms with E-state index in [0.717, 1.165) is 25.7 Å². The number of carbonyl (C=O) groups excluding carboxylic acids is 2. The van der Waals surface area contributed by atoms with E-state index < -0.39 is 12.1 Å². The zero-order valence-corrected chi connectivity index (χ0v) is 12.1. The first kappa shape index (κ1) is 16.0. The molecule has 0 radical (unpaired) electrons. The number of rotatable bonds is 5. The SMILES string of the molecule is COC(=O)C(NC(=O)C(N)C(C)C)C1CCCCC1. The van der Waals surface area contributed by atoms with Crippen LogP contribution in [0.4, 0.5) is 0 Å². The fraction of sp³-hybridized carbons (Fsp3) is 0.857. The number of ether oxygens (including phenoxy) is 1. The third-order valence-electron chi connectivity index (χ3n) is 3.90. The van der Waals surface area contributed by atoms with E-state index in [1.54, 1.807) is 0 Å². The van der Waals surface area contributed by atoms with Crippen LogP contribution >= 0.6 is 0 Å². The van der Waals surface area contributed by atoms with Crippen molar-refractivity contribution in [3.63, 3.8) is 0 Å². The molecule has 2 atom stereocenters. The van der Waals surface area contributed by atoms with Gasteiger partial charge in [0.25, 0.3) is 0 Å². The van der Waals surface area contributed by atoms with E-state index >= 15 is 0 Å². The van der Waals surface area contributed by atoms with Crippen molar-refractivity contribution in [3.8, 4) is 0 Å². The summed E-state index contributed by atoms with van der Waals surface area (Å²) in [6.45, 7) is 3.77. The number of hydrogen-bond acceptors (Lipinski definition) is 4. The predicted molar refractivity (Wildman–Crippen MR) is 73.3 cm³/mol. The highest BCUT2D eigenvalue weighted by Gasteiger charge is 2.33. The minimum atomic E-state index is -0.587. The molecule has 1 rings (SSSR count). The monoisotopic (exact) mass is 270 g/mol. The molecule has 0 spiro atoms. The molecular weight excluding hydrogens is 244 g/mol. The molecule has 5 nitrogen and oxygen atoms in total. The average molecular weight is 270 g/mol. The number of carbonyl (C=O) groups is 2. The van der Waals surface area contributed by atoms with Crippen LogP contribution < -0.4 is 11.1 Å². The fourth-order valence-electron chi connectivity index (χ4n) is 2.52. The molecule has 1 fully saturated rings. The Morgan fingerprint density at radius 2 is 1.79 bits per heavy atom. The lowest BCUT2D eigenvalue weighted by Crippen LogP contribution is -2.53. The normalized spacial score (nSPS) is 19.8. The molecule has 0 bridgehead atoms. The number of esters is 1. The molecule has 1 amide bonds. The van der Waals surface area contributed by atoms with E-state index in [1.165, 1.54) is 13.5 Å². The number of nitrogens with one attached hydrogen (secondary N) is 1. The van der Waals surface area contributed by atoms with Gasteiger partial charge in [-0.1, -0.05) is 33.1 Å². The van der Waals surface area contributed by atoms with Gasteiger partial charge in [0.05, 0.1) is 13.2 Å². The summed E-state index contributed by atoms with van der Waals surface area (Å²) in [6.07, 6.45) is 5.31. The molecule has 0 aliphatic heterocycles. The number of hydrogen-bond donors (Lipinski definition) is 2. The second-order valence-corrected chi connectivity index (χ2v) is 5.68. The van der Waals surface area contributed by atoms with Crippen molar-refractivity contribution < 1.29 is 14.3 Å². The van der Waals surface area contributed by atoms with Crippen LogP contribution in [0.15, 0.2) is 0 Å². The Morgan fingerprint density at radius 1 is 1.21 bits per heavy atom. The highest BCUT2D eigenvalue weighted by atomic mass is 16.5. The zero-order valence-electron chi connectivity index (χ0n) is 12.1. The van der Waals surface area contributed by atoms with Gasteiger partial charge >= 0.3 is 5.97 Å². The molecule has 0 heterocycles. The lowest BCUT2D eigenvalue weighted by molar-refractivity contribution is -0.147. The molecule has 1 saturated carbocycles. The van der Waals surface area contributed by atoms with Crippen LogP contribution in [0.3, 0.4) is 0 Å². The van der Waals surface area contributed by atoms with Gasteiger partial charge in [-0.3, -0.25) is 4.79 Å². The average Bonchev–Trinajstić information content (AvgIpc) is 2.43. The summed E-state index contributed by atoms with van der Waals surface area (Å²) < 4.78 is 4.81. The lowest BCUT2D eigenvalue weighted by Gasteiger charge is -2.30. The maximum absolute atomic E-state index is 12.0. The van der Waals surface area contributed by atoms with Crippen LogP contribution in [0.5, 0.6) is 0 Å². The Hall–Kier alpha value is -1.10. The van der Waals surface area contributed by atoms with Gasteiger partial charge in [0.1, 0.15) is 6.04 Å². The molecule has 1 aliphatic carbocycles. The predicted octanol–water partition coefficient (Wildman–Crippen LogP) is 1.21. The van der Waals surface area contributed by atoms with Gasteiger partial charge in [-0.15, -0.1) is 0 Å². The van der Waals surface area contributed by atoms with Crippen molar-refractivity contribution in [1.82, 2.24) is 5.32 Å². The maximum Gasteiger partial charge on any atom is 0.328 e. The van der Waals surface area contributed by atoms with E-state index in [4.69, 9.17) is 10.5 Å². The van der Waals surface area contributed by atoms with Gasteiger partial charge in [0.2, 0.25) is 5.91 Å². The third kappa shape index (κ3) is 4.49. The lowest BCUT2D eigenvalue weighted by atomic mass is 9.83. The van der Waals surface area contributed by atoms with E-state index in [2.05, 4.69) is 5.32 Å². The van der Waals surface area contributed by atoms with Crippen LogP contribution in [0.2, 0.25) is 0 Å². The van der Waals surface area contributed by atoms with Crippen molar-refractivity contribution in [1.29, 1.82) is 0 Å². The zero-order chi connectivity index (χ0) is 14.4. The van der Waals surface area contributed by atoms with Crippen molar-refractivity contribution in [2.75, 3.05) is 7.11 Å². The second-order valence-electron chi connectivity index (χ2n) is 5.68. The topological polar surface area (TPSA) is 81.4 Å². The molecule has 0 aromatic carbocycles. The highest BCUT2D eigenvalue weighted by Crippen LogP contribution is 2.27. The molecule has 0 aromatic heterocycles. The molecule has 0 saturated heterocycles. The summed E-state index contributed by atoms with van der Waals surface area (Å²) in [7, 11) is 1.35. The van der Waals surface area contributed by atoms with Crippen molar-refractivity contribution >= 4 is 11.9 Å². The largest absolute Gasteiger partial charge is 0.467 e. The number of nitrogens with two attached hydrogens (primary N) is 1. The van der Waals surface area contributed by atoms with Crippen molar-refractivity contribution in [2.24, 2.45) is 17.6 Å². The molecule has 0 aromatic rings. The quantitative estimate of drug-likeness (QED) is 0.736. The summed E-state index contributed by atoms with van der Waals surface area (Å²) in [5.74, 6) is -0.415. The van der Waals surface area contributed by atoms with Crippen LogP contribution in [0.25, 0.3) is 0 Å². The maximum atomic E-state index is 12.0. The molecule has 3 N–H and O–H groups in total. The van der Waals surface area contributed by atoms with Crippen LogP contribution in [-0.2, 0) is 14.3 Å². The van der Waals surface area contributed by atoms with Gasteiger partial charge in [0.15, 0.2) is 0 Å². The van der Waals surface area contributed by atoms with E-state index in [0.29, 0.717) is 0 Å². The van der Waals surface area contributed by atoms with Gasteiger partial charge in [-0.05, 0) is 24.7 Å². The number of methoxy groups -OCH3 is 1. The molecule has 19 heavy (non-hydrogen) atoms. The Bertz CT molecular complexity index is 312. The van der Waals surface area contributed by atoms with Gasteiger partial charge in [0, 0.05) is 0 Å². The van der Waals surface area contributed by atoms with Crippen LogP contribution in [0.1, 0.15) is 46.0 Å². The smallest absolute Gasteiger partial charge is 0.328 e. The van der Waals surface area contributed by atoms with Gasteiger partial charge in [-0.25, -0.2) is 4.79 Å². The summed E-state index contributed by atoms with van der Waals surface area (Å²) in [5.41, 5.74) is 5.82. The van der Waals surface area contributed by atoms with E-state index in [-0.39, 0.29) is 23.7 Å². The van der Waals surface area contributed by atoms with Crippen LogP contribution in [0, 0.1) is 11.8 Å². The summed E-state index contributed by atoms with van der Waals surface area (Å²) >= 11 is 0. The van der Waals surface area contributed by atoms with E-state index in [1.807, 2.05) is 13.8 Å². The Labute approximate surface area is 115 Å². The third-order valence-corrected chi connectivity index (χ3v) is 3.90. The minimum absolute atomic E-state index is 0.0460. The second kappa shape index (κ2) is 7.48. The Kier molecular flexibility index (Phi) is 6.28. The summed E-state index contributed by atoms with van der Waals surface area (Å²) in [6, 6.07) is -1.14. The molecule has 1 aliphatic rings. The van der Waals surface area contributed by atoms with Gasteiger partial charge < -0.3 is 15.8 Å². The summed E-state index contributed by atoms with van der Waals surface area (Å²) in [4.78, 5) is 23.9. The Morgan fingerprint density at radius 3 is 2.26 bits per heavy atom. The first-order valence-corrected chi connectivity index (χ1v) is 7.11. The van der Waals surface area contributed by atoms with Gasteiger partial charge in [-0.2, -0.15) is 0 Å². The fourth-order valence-corrected chi connectivity index (χ4v) is 2.52. The first-order chi connectivity index (χ1) is 8.97. The Balaban J connectivity index is 2.69. The van der Waals surface area contributed by atoms with E-state index in [9.17, 15) is 9.59 Å². The standard InChI is InChI=1S/C14H26N2O3/c1-9(2)11(15)13(17)16-12(14(18)19-3)10-7-5-4-6-8-10/h9-12H,4-8,15H2,1-3H3,(H,16,17). The molecular formula is C14H26N2O3. The molecule has 110 valence electrons.